The standard InChI is InChI=1S/C22H18Cl2N6O2/c1-12-10-14-11-16(30(24)22-26-13(2)25-21(23)27-22)6-9-18(14)20(31)19(12)29-28-15-4-7-17(32-3)8-5-15/h4-11,31H,1-3H3. The maximum Gasteiger partial charge on any atom is 0.249 e. The number of aryl methyl sites for hydroxylation is 2. The molecule has 32 heavy (non-hydrogen) atoms. The summed E-state index contributed by atoms with van der Waals surface area (Å²) in [7, 11) is 1.60. The van der Waals surface area contributed by atoms with Crippen LogP contribution in [0.4, 0.5) is 23.0 Å². The minimum absolute atomic E-state index is 0.0315. The zero-order valence-electron chi connectivity index (χ0n) is 17.4. The number of anilines is 2. The van der Waals surface area contributed by atoms with Gasteiger partial charge in [0.25, 0.3) is 0 Å². The van der Waals surface area contributed by atoms with Crippen molar-refractivity contribution in [2.24, 2.45) is 10.2 Å². The van der Waals surface area contributed by atoms with Gasteiger partial charge in [-0.3, -0.25) is 0 Å². The molecule has 0 atom stereocenters. The number of benzene rings is 3. The molecule has 8 nitrogen and oxygen atoms in total. The van der Waals surface area contributed by atoms with E-state index in [-0.39, 0.29) is 17.0 Å². The van der Waals surface area contributed by atoms with Crippen LogP contribution >= 0.6 is 23.4 Å². The first-order valence-corrected chi connectivity index (χ1v) is 10.2. The molecule has 0 fully saturated rings. The van der Waals surface area contributed by atoms with Crippen LogP contribution in [0.15, 0.2) is 58.8 Å². The van der Waals surface area contributed by atoms with Gasteiger partial charge in [0.2, 0.25) is 11.2 Å². The van der Waals surface area contributed by atoms with E-state index in [1.165, 1.54) is 4.42 Å². The minimum atomic E-state index is 0.0315. The molecule has 162 valence electrons. The summed E-state index contributed by atoms with van der Waals surface area (Å²) in [6.07, 6.45) is 0. The Hall–Kier alpha value is -3.49. The summed E-state index contributed by atoms with van der Waals surface area (Å²) in [6, 6.07) is 14.4. The van der Waals surface area contributed by atoms with E-state index in [0.717, 1.165) is 16.7 Å². The molecule has 0 bridgehead atoms. The first-order chi connectivity index (χ1) is 15.4. The van der Waals surface area contributed by atoms with E-state index in [2.05, 4.69) is 25.2 Å². The van der Waals surface area contributed by atoms with Gasteiger partial charge in [-0.05, 0) is 84.9 Å². The van der Waals surface area contributed by atoms with Crippen molar-refractivity contribution in [3.8, 4) is 11.5 Å². The Morgan fingerprint density at radius 1 is 0.969 bits per heavy atom. The highest BCUT2D eigenvalue weighted by Crippen LogP contribution is 2.40. The van der Waals surface area contributed by atoms with Crippen molar-refractivity contribution in [3.05, 3.63) is 65.2 Å². The summed E-state index contributed by atoms with van der Waals surface area (Å²) in [5, 5.41) is 20.8. The second-order valence-electron chi connectivity index (χ2n) is 6.93. The van der Waals surface area contributed by atoms with E-state index in [1.54, 1.807) is 50.4 Å². The number of rotatable bonds is 5. The highest BCUT2D eigenvalue weighted by atomic mass is 35.5. The number of methoxy groups -OCH3 is 1. The van der Waals surface area contributed by atoms with Crippen LogP contribution in [-0.4, -0.2) is 27.2 Å². The Balaban J connectivity index is 1.69. The number of aromatic hydroxyl groups is 1. The molecule has 0 radical (unpaired) electrons. The first kappa shape index (κ1) is 21.7. The molecule has 0 aliphatic heterocycles. The number of phenols is 1. The Labute approximate surface area is 194 Å². The first-order valence-electron chi connectivity index (χ1n) is 9.52. The summed E-state index contributed by atoms with van der Waals surface area (Å²) in [5.74, 6) is 1.41. The quantitative estimate of drug-likeness (QED) is 0.258. The highest BCUT2D eigenvalue weighted by Gasteiger charge is 2.15. The maximum atomic E-state index is 10.8. The summed E-state index contributed by atoms with van der Waals surface area (Å²) in [5.41, 5.74) is 2.39. The molecule has 1 heterocycles. The molecule has 4 rings (SSSR count). The molecule has 0 amide bonds. The second kappa shape index (κ2) is 8.94. The van der Waals surface area contributed by atoms with Crippen LogP contribution in [0.5, 0.6) is 11.5 Å². The van der Waals surface area contributed by atoms with Crippen LogP contribution in [0.25, 0.3) is 10.8 Å². The average Bonchev–Trinajstić information content (AvgIpc) is 2.77. The summed E-state index contributed by atoms with van der Waals surface area (Å²) in [4.78, 5) is 12.2. The van der Waals surface area contributed by atoms with Gasteiger partial charge in [-0.2, -0.15) is 15.1 Å². The number of azo groups is 1. The molecule has 0 aliphatic carbocycles. The van der Waals surface area contributed by atoms with Gasteiger partial charge in [-0.15, -0.1) is 5.11 Å². The normalized spacial score (nSPS) is 11.3. The van der Waals surface area contributed by atoms with Crippen LogP contribution in [0.3, 0.4) is 0 Å². The Morgan fingerprint density at radius 3 is 2.41 bits per heavy atom. The van der Waals surface area contributed by atoms with Gasteiger partial charge in [-0.1, -0.05) is 0 Å². The zero-order valence-corrected chi connectivity index (χ0v) is 18.9. The Bertz CT molecular complexity index is 1310. The topological polar surface area (TPSA) is 96.1 Å². The van der Waals surface area contributed by atoms with E-state index in [0.29, 0.717) is 28.3 Å². The molecular weight excluding hydrogens is 451 g/mol. The Morgan fingerprint density at radius 2 is 1.72 bits per heavy atom. The van der Waals surface area contributed by atoms with Gasteiger partial charge in [0.1, 0.15) is 17.3 Å². The van der Waals surface area contributed by atoms with E-state index >= 15 is 0 Å². The third-order valence-electron chi connectivity index (χ3n) is 4.71. The molecule has 1 aromatic heterocycles. The third-order valence-corrected chi connectivity index (χ3v) is 5.22. The molecule has 0 spiro atoms. The van der Waals surface area contributed by atoms with Crippen LogP contribution in [0.1, 0.15) is 11.4 Å². The largest absolute Gasteiger partial charge is 0.505 e. The van der Waals surface area contributed by atoms with Crippen molar-refractivity contribution in [2.45, 2.75) is 13.8 Å². The van der Waals surface area contributed by atoms with Crippen LogP contribution in [0.2, 0.25) is 5.28 Å². The molecular formula is C22H18Cl2N6O2. The molecule has 0 saturated carbocycles. The maximum absolute atomic E-state index is 10.8. The molecule has 0 aliphatic rings. The monoisotopic (exact) mass is 468 g/mol. The fourth-order valence-corrected chi connectivity index (χ4v) is 3.52. The molecule has 0 unspecified atom stereocenters. The van der Waals surface area contributed by atoms with Crippen molar-refractivity contribution in [3.63, 3.8) is 0 Å². The van der Waals surface area contributed by atoms with Crippen LogP contribution in [0, 0.1) is 13.8 Å². The van der Waals surface area contributed by atoms with Gasteiger partial charge in [0.15, 0.2) is 5.75 Å². The molecule has 1 N–H and O–H groups in total. The molecule has 4 aromatic rings. The van der Waals surface area contributed by atoms with E-state index in [4.69, 9.17) is 28.1 Å². The number of fused-ring (bicyclic) bond motifs is 1. The Kier molecular flexibility index (Phi) is 6.07. The van der Waals surface area contributed by atoms with Crippen LogP contribution < -0.4 is 9.16 Å². The molecule has 3 aromatic carbocycles. The SMILES string of the molecule is COc1ccc(N=Nc2c(C)cc3cc(N(Cl)c4nc(C)nc(Cl)n4)ccc3c2O)cc1. The van der Waals surface area contributed by atoms with Crippen molar-refractivity contribution in [2.75, 3.05) is 11.5 Å². The summed E-state index contributed by atoms with van der Waals surface area (Å²) < 4.78 is 6.42. The summed E-state index contributed by atoms with van der Waals surface area (Å²) >= 11 is 12.4. The van der Waals surface area contributed by atoms with E-state index < -0.39 is 0 Å². The lowest BCUT2D eigenvalue weighted by Crippen LogP contribution is -2.08. The predicted octanol–water partition coefficient (Wildman–Crippen LogP) is 6.72. The van der Waals surface area contributed by atoms with Gasteiger partial charge in [0, 0.05) is 17.2 Å². The van der Waals surface area contributed by atoms with Crippen molar-refractivity contribution >= 4 is 57.2 Å². The molecule has 0 saturated heterocycles. The van der Waals surface area contributed by atoms with Crippen molar-refractivity contribution in [1.82, 2.24) is 15.0 Å². The predicted molar refractivity (Wildman–Crippen MR) is 125 cm³/mol. The smallest absolute Gasteiger partial charge is 0.249 e. The zero-order chi connectivity index (χ0) is 22.8. The van der Waals surface area contributed by atoms with Crippen LogP contribution in [-0.2, 0) is 0 Å². The number of phenolic OH excluding ortho intramolecular Hbond substituents is 1. The fraction of sp³-hybridized carbons (Fsp3) is 0.136. The van der Waals surface area contributed by atoms with Crippen molar-refractivity contribution in [1.29, 1.82) is 0 Å². The highest BCUT2D eigenvalue weighted by molar-refractivity contribution is 6.30. The van der Waals surface area contributed by atoms with Crippen molar-refractivity contribution < 1.29 is 9.84 Å². The summed E-state index contributed by atoms with van der Waals surface area (Å²) in [6.45, 7) is 3.55. The number of hydrogen-bond acceptors (Lipinski definition) is 8. The number of ether oxygens (including phenoxy) is 1. The van der Waals surface area contributed by atoms with Gasteiger partial charge in [-0.25, -0.2) is 9.40 Å². The van der Waals surface area contributed by atoms with Gasteiger partial charge < -0.3 is 9.84 Å². The van der Waals surface area contributed by atoms with E-state index in [1.807, 2.05) is 19.1 Å². The number of halogens is 2. The lowest BCUT2D eigenvalue weighted by molar-refractivity contribution is 0.415. The third kappa shape index (κ3) is 4.42. The minimum Gasteiger partial charge on any atom is -0.505 e. The molecule has 10 heteroatoms. The number of aromatic nitrogens is 3. The van der Waals surface area contributed by atoms with E-state index in [9.17, 15) is 5.11 Å². The lowest BCUT2D eigenvalue weighted by atomic mass is 10.0. The average molecular weight is 469 g/mol. The van der Waals surface area contributed by atoms with Gasteiger partial charge >= 0.3 is 0 Å². The number of nitrogens with zero attached hydrogens (tertiary/aromatic N) is 6. The fourth-order valence-electron chi connectivity index (χ4n) is 3.15. The second-order valence-corrected chi connectivity index (χ2v) is 7.60. The van der Waals surface area contributed by atoms with Gasteiger partial charge in [0.05, 0.1) is 18.5 Å². The number of hydrogen-bond donors (Lipinski definition) is 1. The lowest BCUT2D eigenvalue weighted by Gasteiger charge is -2.15.